The van der Waals surface area contributed by atoms with Crippen molar-refractivity contribution in [3.8, 4) is 5.69 Å². The fourth-order valence-corrected chi connectivity index (χ4v) is 3.84. The summed E-state index contributed by atoms with van der Waals surface area (Å²) in [6.07, 6.45) is 3.73. The Labute approximate surface area is 212 Å². The Morgan fingerprint density at radius 2 is 1.71 bits per heavy atom. The molecule has 2 aromatic carbocycles. The Morgan fingerprint density at radius 1 is 1.03 bits per heavy atom. The van der Waals surface area contributed by atoms with Gasteiger partial charge >= 0.3 is 6.03 Å². The predicted octanol–water partition coefficient (Wildman–Crippen LogP) is 6.16. The van der Waals surface area contributed by atoms with Gasteiger partial charge in [-0.25, -0.2) is 9.48 Å². The van der Waals surface area contributed by atoms with E-state index in [1.54, 1.807) is 21.3 Å². The van der Waals surface area contributed by atoms with Crippen LogP contribution in [0.4, 0.5) is 16.3 Å². The first-order chi connectivity index (χ1) is 16.7. The molecule has 8 heteroatoms. The number of para-hydroxylation sites is 1. The van der Waals surface area contributed by atoms with Gasteiger partial charge in [0.1, 0.15) is 12.4 Å². The van der Waals surface area contributed by atoms with Crippen molar-refractivity contribution in [3.05, 3.63) is 66.4 Å². The van der Waals surface area contributed by atoms with Gasteiger partial charge in [0.05, 0.1) is 11.4 Å². The summed E-state index contributed by atoms with van der Waals surface area (Å²) >= 11 is 1.64. The van der Waals surface area contributed by atoms with Crippen molar-refractivity contribution < 1.29 is 9.59 Å². The topological polar surface area (TPSA) is 79.3 Å². The van der Waals surface area contributed by atoms with Crippen molar-refractivity contribution in [1.82, 2.24) is 14.7 Å². The van der Waals surface area contributed by atoms with Crippen LogP contribution in [0.5, 0.6) is 0 Å². The van der Waals surface area contributed by atoms with Crippen LogP contribution in [-0.2, 0) is 10.2 Å². The number of unbranched alkanes of at least 4 members (excludes halogenated alkanes) is 1. The number of carbonyl (C=O) groups is 2. The first-order valence-corrected chi connectivity index (χ1v) is 13.1. The highest BCUT2D eigenvalue weighted by atomic mass is 32.2. The van der Waals surface area contributed by atoms with Gasteiger partial charge in [-0.05, 0) is 49.1 Å². The quantitative estimate of drug-likeness (QED) is 0.350. The number of hydrogen-bond donors (Lipinski definition) is 2. The minimum absolute atomic E-state index is 0.0560. The zero-order valence-corrected chi connectivity index (χ0v) is 22.0. The van der Waals surface area contributed by atoms with Gasteiger partial charge in [-0.2, -0.15) is 5.10 Å². The van der Waals surface area contributed by atoms with Crippen molar-refractivity contribution >= 4 is 35.2 Å². The minimum atomic E-state index is -0.294. The van der Waals surface area contributed by atoms with E-state index in [-0.39, 0.29) is 23.9 Å². The zero-order chi connectivity index (χ0) is 25.4. The molecular weight excluding hydrogens is 458 g/mol. The monoisotopic (exact) mass is 493 g/mol. The molecular formula is C27H35N5O2S. The Balaban J connectivity index is 1.76. The fraction of sp³-hybridized carbons (Fsp3) is 0.370. The molecule has 1 aromatic heterocycles. The second-order valence-electron chi connectivity index (χ2n) is 9.39. The largest absolute Gasteiger partial charge is 0.322 e. The van der Waals surface area contributed by atoms with Gasteiger partial charge in [0.15, 0.2) is 0 Å². The number of nitrogens with zero attached hydrogens (tertiary/aromatic N) is 3. The molecule has 0 fully saturated rings. The summed E-state index contributed by atoms with van der Waals surface area (Å²) in [6, 6.07) is 19.0. The van der Waals surface area contributed by atoms with Crippen LogP contribution in [0.15, 0.2) is 65.6 Å². The van der Waals surface area contributed by atoms with Crippen LogP contribution in [-0.4, -0.2) is 46.0 Å². The Bertz CT molecular complexity index is 1120. The molecule has 3 aromatic rings. The lowest BCUT2D eigenvalue weighted by molar-refractivity contribution is -0.116. The number of urea groups is 1. The predicted molar refractivity (Wildman–Crippen MR) is 145 cm³/mol. The van der Waals surface area contributed by atoms with Gasteiger partial charge in [-0.3, -0.25) is 4.79 Å². The first-order valence-electron chi connectivity index (χ1n) is 11.9. The van der Waals surface area contributed by atoms with Gasteiger partial charge in [-0.15, -0.1) is 11.8 Å². The zero-order valence-electron chi connectivity index (χ0n) is 21.2. The smallest absolute Gasteiger partial charge is 0.315 e. The lowest BCUT2D eigenvalue weighted by atomic mass is 9.92. The third kappa shape index (κ3) is 7.36. The molecule has 0 radical (unpaired) electrons. The summed E-state index contributed by atoms with van der Waals surface area (Å²) < 4.78 is 1.74. The molecule has 0 saturated heterocycles. The van der Waals surface area contributed by atoms with E-state index in [1.807, 2.05) is 66.9 Å². The van der Waals surface area contributed by atoms with E-state index < -0.39 is 0 Å². The van der Waals surface area contributed by atoms with Crippen LogP contribution in [0, 0.1) is 0 Å². The second-order valence-corrected chi connectivity index (χ2v) is 10.3. The van der Waals surface area contributed by atoms with Crippen LogP contribution in [0.3, 0.4) is 0 Å². The number of amides is 3. The van der Waals surface area contributed by atoms with Gasteiger partial charge in [0, 0.05) is 28.6 Å². The molecule has 0 atom stereocenters. The fourth-order valence-electron chi connectivity index (χ4n) is 3.44. The van der Waals surface area contributed by atoms with Crippen molar-refractivity contribution in [2.45, 2.75) is 50.8 Å². The molecule has 3 amide bonds. The molecule has 0 aliphatic carbocycles. The number of rotatable bonds is 9. The Morgan fingerprint density at radius 3 is 2.31 bits per heavy atom. The maximum Gasteiger partial charge on any atom is 0.322 e. The van der Waals surface area contributed by atoms with Gasteiger partial charge < -0.3 is 15.5 Å². The Kier molecular flexibility index (Phi) is 8.98. The number of carbonyl (C=O) groups excluding carboxylic acids is 2. The van der Waals surface area contributed by atoms with E-state index >= 15 is 0 Å². The van der Waals surface area contributed by atoms with E-state index in [2.05, 4.69) is 38.3 Å². The van der Waals surface area contributed by atoms with E-state index in [0.717, 1.165) is 29.1 Å². The number of benzene rings is 2. The van der Waals surface area contributed by atoms with E-state index in [1.165, 1.54) is 0 Å². The standard InChI is InChI=1S/C27H35N5O2S/c1-6-7-17-31(26(34)28-20-13-15-22(35-5)16-14-20)19-25(33)29-24-18-23(27(2,3)4)30-32(24)21-11-9-8-10-12-21/h8-16,18H,6-7,17,19H2,1-5H3,(H,28,34)(H,29,33). The van der Waals surface area contributed by atoms with Gasteiger partial charge in [0.25, 0.3) is 0 Å². The maximum atomic E-state index is 13.1. The summed E-state index contributed by atoms with van der Waals surface area (Å²) in [5.74, 6) is 0.307. The average Bonchev–Trinajstić information content (AvgIpc) is 3.27. The third-order valence-corrected chi connectivity index (χ3v) is 6.23. The summed E-state index contributed by atoms with van der Waals surface area (Å²) in [4.78, 5) is 28.8. The SMILES string of the molecule is CCCCN(CC(=O)Nc1cc(C(C)(C)C)nn1-c1ccccc1)C(=O)Nc1ccc(SC)cc1. The highest BCUT2D eigenvalue weighted by Gasteiger charge is 2.23. The number of anilines is 2. The molecule has 0 unspecified atom stereocenters. The van der Waals surface area contributed by atoms with Gasteiger partial charge in [-0.1, -0.05) is 52.3 Å². The summed E-state index contributed by atoms with van der Waals surface area (Å²) in [7, 11) is 0. The number of hydrogen-bond acceptors (Lipinski definition) is 4. The third-order valence-electron chi connectivity index (χ3n) is 5.49. The van der Waals surface area contributed by atoms with Crippen LogP contribution < -0.4 is 10.6 Å². The number of nitrogens with one attached hydrogen (secondary N) is 2. The molecule has 0 bridgehead atoms. The summed E-state index contributed by atoms with van der Waals surface area (Å²) in [6.45, 7) is 8.74. The highest BCUT2D eigenvalue weighted by molar-refractivity contribution is 7.98. The second kappa shape index (κ2) is 11.9. The van der Waals surface area contributed by atoms with Crippen molar-refractivity contribution in [2.24, 2.45) is 0 Å². The maximum absolute atomic E-state index is 13.1. The molecule has 35 heavy (non-hydrogen) atoms. The number of thioether (sulfide) groups is 1. The Hall–Kier alpha value is -3.26. The molecule has 3 rings (SSSR count). The lowest BCUT2D eigenvalue weighted by Crippen LogP contribution is -2.41. The van der Waals surface area contributed by atoms with Crippen LogP contribution in [0.1, 0.15) is 46.2 Å². The van der Waals surface area contributed by atoms with Crippen molar-refractivity contribution in [3.63, 3.8) is 0 Å². The molecule has 0 spiro atoms. The molecule has 0 saturated carbocycles. The van der Waals surface area contributed by atoms with Crippen LogP contribution in [0.25, 0.3) is 5.69 Å². The molecule has 7 nitrogen and oxygen atoms in total. The van der Waals surface area contributed by atoms with Crippen LogP contribution >= 0.6 is 11.8 Å². The molecule has 1 heterocycles. The summed E-state index contributed by atoms with van der Waals surface area (Å²) in [5, 5.41) is 10.6. The number of aromatic nitrogens is 2. The van der Waals surface area contributed by atoms with E-state index in [9.17, 15) is 9.59 Å². The van der Waals surface area contributed by atoms with Gasteiger partial charge in [0.2, 0.25) is 5.91 Å². The molecule has 2 N–H and O–H groups in total. The molecule has 0 aliphatic heterocycles. The highest BCUT2D eigenvalue weighted by Crippen LogP contribution is 2.26. The molecule has 0 aliphatic rings. The lowest BCUT2D eigenvalue weighted by Gasteiger charge is -2.22. The normalized spacial score (nSPS) is 11.2. The summed E-state index contributed by atoms with van der Waals surface area (Å²) in [5.41, 5.74) is 2.24. The van der Waals surface area contributed by atoms with Crippen LogP contribution in [0.2, 0.25) is 0 Å². The minimum Gasteiger partial charge on any atom is -0.315 e. The first kappa shape index (κ1) is 26.3. The van der Waals surface area contributed by atoms with E-state index in [4.69, 9.17) is 5.10 Å². The van der Waals surface area contributed by atoms with Crippen molar-refractivity contribution in [2.75, 3.05) is 30.0 Å². The molecule has 186 valence electrons. The van der Waals surface area contributed by atoms with E-state index in [0.29, 0.717) is 18.1 Å². The average molecular weight is 494 g/mol. The van der Waals surface area contributed by atoms with Crippen molar-refractivity contribution in [1.29, 1.82) is 0 Å².